The van der Waals surface area contributed by atoms with Crippen molar-refractivity contribution in [2.45, 2.75) is 6.18 Å². The van der Waals surface area contributed by atoms with Gasteiger partial charge in [0.2, 0.25) is 0 Å². The Hall–Kier alpha value is -7.29. The van der Waals surface area contributed by atoms with Crippen LogP contribution in [0.5, 0.6) is 0 Å². The Morgan fingerprint density at radius 1 is 0.532 bits per heavy atom. The smallest absolute Gasteiger partial charge is 0.413 e. The van der Waals surface area contributed by atoms with Crippen LogP contribution in [-0.2, 0) is 26.3 Å². The number of halogens is 7. The normalized spacial score (nSPS) is 11.0. The number of rotatable bonds is 5. The summed E-state index contributed by atoms with van der Waals surface area (Å²) in [5.74, 6) is -2.62. The molecule has 4 aromatic heterocycles. The number of fused-ring (bicyclic) bond motifs is 2. The molecule has 0 aliphatic carbocycles. The third-order valence-corrected chi connectivity index (χ3v) is 8.89. The van der Waals surface area contributed by atoms with E-state index in [0.29, 0.717) is 11.4 Å². The van der Waals surface area contributed by atoms with Gasteiger partial charge < -0.3 is 19.2 Å². The molecule has 1 radical (unpaired) electrons. The van der Waals surface area contributed by atoms with Gasteiger partial charge in [0.05, 0.1) is 39.1 Å². The van der Waals surface area contributed by atoms with Crippen LogP contribution in [0.15, 0.2) is 158 Å². The van der Waals surface area contributed by atoms with Gasteiger partial charge in [0, 0.05) is 37.9 Å². The summed E-state index contributed by atoms with van der Waals surface area (Å²) in [6.07, 6.45) is 3.31. The van der Waals surface area contributed by atoms with Crippen molar-refractivity contribution in [1.82, 2.24) is 29.3 Å². The van der Waals surface area contributed by atoms with Gasteiger partial charge in [0.1, 0.15) is 17.5 Å². The number of benzene rings is 6. The van der Waals surface area contributed by atoms with Crippen LogP contribution in [-0.4, -0.2) is 24.2 Å². The second-order valence-electron chi connectivity index (χ2n) is 12.9. The maximum atomic E-state index is 13.2. The molecule has 0 spiro atoms. The molecule has 0 fully saturated rings. The molecule has 0 bridgehead atoms. The maximum Gasteiger partial charge on any atom is 0.429 e. The zero-order chi connectivity index (χ0) is 42.5. The number of pyridine rings is 1. The summed E-state index contributed by atoms with van der Waals surface area (Å²) in [5.41, 5.74) is 6.85. The molecule has 0 saturated carbocycles. The van der Waals surface area contributed by atoms with E-state index >= 15 is 0 Å². The maximum absolute atomic E-state index is 13.2. The van der Waals surface area contributed by atoms with Crippen LogP contribution in [0, 0.1) is 48.1 Å². The summed E-state index contributed by atoms with van der Waals surface area (Å²) in [6.45, 7) is 0. The van der Waals surface area contributed by atoms with Crippen LogP contribution in [0.3, 0.4) is 0 Å². The van der Waals surface area contributed by atoms with Gasteiger partial charge in [-0.15, -0.1) is 24.3 Å². The van der Waals surface area contributed by atoms with E-state index in [2.05, 4.69) is 45.0 Å². The molecule has 10 aromatic rings. The molecule has 6 aromatic carbocycles. The molecule has 0 aliphatic rings. The quantitative estimate of drug-likeness (QED) is 0.0981. The van der Waals surface area contributed by atoms with E-state index in [9.17, 15) is 30.7 Å². The van der Waals surface area contributed by atoms with E-state index < -0.39 is 12.0 Å². The summed E-state index contributed by atoms with van der Waals surface area (Å²) in [5, 5.41) is 6.25. The van der Waals surface area contributed by atoms with Gasteiger partial charge in [-0.1, -0.05) is 54.6 Å². The predicted octanol–water partition coefficient (Wildman–Crippen LogP) is 9.08. The minimum atomic E-state index is -4.57. The number of hydrogen-bond acceptors (Lipinski definition) is 3. The Labute approximate surface area is 362 Å². The van der Waals surface area contributed by atoms with Crippen molar-refractivity contribution in [3.8, 4) is 34.3 Å². The van der Waals surface area contributed by atoms with Crippen LogP contribution in [0.2, 0.25) is 0 Å². The van der Waals surface area contributed by atoms with E-state index in [-0.39, 0.29) is 54.9 Å². The molecule has 16 heteroatoms. The Morgan fingerprint density at radius 2 is 0.984 bits per heavy atom. The molecule has 0 N–H and O–H groups in total. The third kappa shape index (κ3) is 9.51. The van der Waals surface area contributed by atoms with Crippen molar-refractivity contribution in [2.24, 2.45) is 0 Å². The largest absolute Gasteiger partial charge is 0.429 e. The second-order valence-corrected chi connectivity index (χ2v) is 12.9. The molecule has 62 heavy (non-hydrogen) atoms. The SMILES string of the molecule is FC(F)(F)c1n[n-]c(-c2ccccn2)n1.Fc1c[c-]c(-n2[c-][n+](-c3ccc(F)cc3)c3ccccc32)cc1.Fc1c[c-]c(-n2[c-][n+](-c3ccc(F)cc3)c3ccccc32)cc1.[Ir]. The van der Waals surface area contributed by atoms with Crippen molar-refractivity contribution < 1.29 is 60.0 Å². The van der Waals surface area contributed by atoms with Crippen molar-refractivity contribution in [2.75, 3.05) is 0 Å². The van der Waals surface area contributed by atoms with Gasteiger partial charge in [-0.25, -0.2) is 8.78 Å². The fraction of sp³-hybridized carbons (Fsp3) is 0.0217. The second kappa shape index (κ2) is 18.5. The van der Waals surface area contributed by atoms with Crippen LogP contribution < -0.4 is 14.2 Å². The molecule has 0 amide bonds. The monoisotopic (exact) mass is 1020 g/mol. The first-order chi connectivity index (χ1) is 29.5. The molecule has 4 heterocycles. The number of imidazole rings is 2. The Morgan fingerprint density at radius 3 is 1.39 bits per heavy atom. The van der Waals surface area contributed by atoms with E-state index in [1.54, 1.807) is 57.7 Å². The number of hydrogen-bond donors (Lipinski definition) is 0. The van der Waals surface area contributed by atoms with Crippen LogP contribution in [0.1, 0.15) is 5.82 Å². The Balaban J connectivity index is 0.000000142. The first-order valence-corrected chi connectivity index (χ1v) is 18.1. The van der Waals surface area contributed by atoms with Gasteiger partial charge in [0.15, 0.2) is 0 Å². The number of nitrogens with zero attached hydrogens (tertiary/aromatic N) is 8. The van der Waals surface area contributed by atoms with Crippen molar-refractivity contribution in [3.05, 3.63) is 212 Å². The molecule has 0 atom stereocenters. The molecular weight excluding hydrogens is 990 g/mol. The van der Waals surface area contributed by atoms with Crippen molar-refractivity contribution in [1.29, 1.82) is 0 Å². The molecule has 0 unspecified atom stereocenters. The van der Waals surface area contributed by atoms with Gasteiger partial charge in [-0.05, 0) is 77.9 Å². The zero-order valence-corrected chi connectivity index (χ0v) is 34.0. The van der Waals surface area contributed by atoms with E-state index in [4.69, 9.17) is 0 Å². The first-order valence-electron chi connectivity index (χ1n) is 18.1. The predicted molar refractivity (Wildman–Crippen MR) is 208 cm³/mol. The summed E-state index contributed by atoms with van der Waals surface area (Å²) >= 11 is 0. The summed E-state index contributed by atoms with van der Waals surface area (Å²) in [7, 11) is 0. The average Bonchev–Trinajstić information content (AvgIpc) is 4.03. The Bertz CT molecular complexity index is 2720. The van der Waals surface area contributed by atoms with Crippen molar-refractivity contribution >= 4 is 22.1 Å². The fourth-order valence-electron chi connectivity index (χ4n) is 6.08. The molecule has 0 saturated heterocycles. The summed E-state index contributed by atoms with van der Waals surface area (Å²) in [6, 6.07) is 47.1. The van der Waals surface area contributed by atoms with E-state index in [0.717, 1.165) is 33.4 Å². The van der Waals surface area contributed by atoms with Crippen LogP contribution in [0.4, 0.5) is 30.7 Å². The standard InChI is InChI=1S/2C19H11F2N2.C8H4F3N4.Ir/c2*20-14-5-9-16(10-6-14)22-13-23(17-11-7-15(21)8-12-17)19-4-2-1-3-18(19)22;9-8(10,11)7-13-6(14-15-7)5-3-1-2-4-12-5;/h2*1-11H;1-4H;/q3*-1;. The van der Waals surface area contributed by atoms with Crippen molar-refractivity contribution in [3.63, 3.8) is 0 Å². The number of para-hydroxylation sites is 4. The van der Waals surface area contributed by atoms with Crippen LogP contribution in [0.25, 0.3) is 56.3 Å². The van der Waals surface area contributed by atoms with E-state index in [1.165, 1.54) is 60.8 Å². The molecule has 0 aliphatic heterocycles. The summed E-state index contributed by atoms with van der Waals surface area (Å²) < 4.78 is 96.3. The van der Waals surface area contributed by atoms with Gasteiger partial charge in [0.25, 0.3) is 12.7 Å². The van der Waals surface area contributed by atoms with Gasteiger partial charge in [-0.3, -0.25) is 28.0 Å². The minimum Gasteiger partial charge on any atom is -0.413 e. The first kappa shape index (κ1) is 42.8. The van der Waals surface area contributed by atoms with E-state index in [1.807, 2.05) is 57.7 Å². The fourth-order valence-corrected chi connectivity index (χ4v) is 6.08. The molecule has 8 nitrogen and oxygen atoms in total. The average molecular weight is 1020 g/mol. The zero-order valence-electron chi connectivity index (χ0n) is 31.6. The van der Waals surface area contributed by atoms with Gasteiger partial charge >= 0.3 is 6.18 Å². The van der Waals surface area contributed by atoms with Crippen LogP contribution >= 0.6 is 0 Å². The molecular formula is C46H26F7IrN8-3. The third-order valence-electron chi connectivity index (χ3n) is 8.89. The minimum absolute atomic E-state index is 0. The number of alkyl halides is 3. The number of aromatic nitrogens is 8. The summed E-state index contributed by atoms with van der Waals surface area (Å²) in [4.78, 5) is 7.05. The van der Waals surface area contributed by atoms with Gasteiger partial charge in [-0.2, -0.15) is 37.4 Å². The Kier molecular flexibility index (Phi) is 12.8. The molecule has 311 valence electrons. The molecule has 10 rings (SSSR count). The topological polar surface area (TPSA) is 70.4 Å².